The van der Waals surface area contributed by atoms with E-state index in [-0.39, 0.29) is 0 Å². The Hall–Kier alpha value is -1.46. The topological polar surface area (TPSA) is 48.1 Å². The van der Waals surface area contributed by atoms with Gasteiger partial charge >= 0.3 is 0 Å². The van der Waals surface area contributed by atoms with Gasteiger partial charge in [0.25, 0.3) is 0 Å². The molecular weight excluding hydrogens is 348 g/mol. The van der Waals surface area contributed by atoms with Crippen LogP contribution < -0.4 is 10.5 Å². The molecule has 0 bridgehead atoms. The smallest absolute Gasteiger partial charge is 0.229 e. The van der Waals surface area contributed by atoms with Crippen LogP contribution >= 0.6 is 28.1 Å². The standard InChI is InChI=1S/C16H15BrN2OS/c17-12-6-2-4-8-14(12)20-16-11(15(18)21)9-10-5-1-3-7-13(10)19-16/h2,4,6,8-9H,1,3,5,7H2,(H2,18,21). The van der Waals surface area contributed by atoms with Crippen molar-refractivity contribution in [2.45, 2.75) is 25.7 Å². The Kier molecular flexibility index (Phi) is 4.22. The van der Waals surface area contributed by atoms with Gasteiger partial charge in [0.05, 0.1) is 10.0 Å². The highest BCUT2D eigenvalue weighted by Gasteiger charge is 2.18. The van der Waals surface area contributed by atoms with Crippen LogP contribution in [-0.2, 0) is 12.8 Å². The minimum Gasteiger partial charge on any atom is -0.437 e. The van der Waals surface area contributed by atoms with Crippen molar-refractivity contribution in [3.63, 3.8) is 0 Å². The third-order valence-corrected chi connectivity index (χ3v) is 4.45. The second-order valence-electron chi connectivity index (χ2n) is 5.05. The first-order valence-electron chi connectivity index (χ1n) is 6.90. The average molecular weight is 363 g/mol. The molecule has 0 atom stereocenters. The number of para-hydroxylation sites is 1. The third kappa shape index (κ3) is 3.09. The van der Waals surface area contributed by atoms with Crippen molar-refractivity contribution < 1.29 is 4.74 Å². The maximum Gasteiger partial charge on any atom is 0.229 e. The number of benzene rings is 1. The van der Waals surface area contributed by atoms with Gasteiger partial charge < -0.3 is 10.5 Å². The molecular formula is C16H15BrN2OS. The van der Waals surface area contributed by atoms with E-state index in [0.717, 1.165) is 23.0 Å². The van der Waals surface area contributed by atoms with E-state index in [1.807, 2.05) is 30.3 Å². The fraction of sp³-hybridized carbons (Fsp3) is 0.250. The first kappa shape index (κ1) is 14.5. The summed E-state index contributed by atoms with van der Waals surface area (Å²) >= 11 is 8.62. The van der Waals surface area contributed by atoms with Gasteiger partial charge in [-0.25, -0.2) is 4.98 Å². The summed E-state index contributed by atoms with van der Waals surface area (Å²) in [6.07, 6.45) is 4.38. The minimum atomic E-state index is 0.318. The van der Waals surface area contributed by atoms with E-state index in [1.54, 1.807) is 0 Å². The zero-order chi connectivity index (χ0) is 14.8. The van der Waals surface area contributed by atoms with E-state index in [4.69, 9.17) is 22.7 Å². The summed E-state index contributed by atoms with van der Waals surface area (Å²) < 4.78 is 6.82. The predicted octanol–water partition coefficient (Wildman–Crippen LogP) is 4.15. The number of aromatic nitrogens is 1. The molecule has 0 fully saturated rings. The Morgan fingerprint density at radius 3 is 2.76 bits per heavy atom. The number of nitrogens with two attached hydrogens (primary N) is 1. The molecule has 0 saturated heterocycles. The molecule has 1 aromatic heterocycles. The summed E-state index contributed by atoms with van der Waals surface area (Å²) in [5.74, 6) is 1.20. The molecule has 21 heavy (non-hydrogen) atoms. The average Bonchev–Trinajstić information content (AvgIpc) is 2.48. The van der Waals surface area contributed by atoms with Crippen LogP contribution in [0.3, 0.4) is 0 Å². The lowest BCUT2D eigenvalue weighted by molar-refractivity contribution is 0.454. The highest BCUT2D eigenvalue weighted by atomic mass is 79.9. The molecule has 1 aromatic carbocycles. The number of nitrogens with zero attached hydrogens (tertiary/aromatic N) is 1. The van der Waals surface area contributed by atoms with Crippen LogP contribution in [0.25, 0.3) is 0 Å². The zero-order valence-corrected chi connectivity index (χ0v) is 13.8. The molecule has 1 heterocycles. The van der Waals surface area contributed by atoms with E-state index in [1.165, 1.54) is 18.4 Å². The number of ether oxygens (including phenoxy) is 1. The van der Waals surface area contributed by atoms with Gasteiger partial charge in [0.1, 0.15) is 10.7 Å². The van der Waals surface area contributed by atoms with E-state index < -0.39 is 0 Å². The highest BCUT2D eigenvalue weighted by Crippen LogP contribution is 2.32. The number of rotatable bonds is 3. The van der Waals surface area contributed by atoms with Crippen molar-refractivity contribution in [1.82, 2.24) is 4.98 Å². The van der Waals surface area contributed by atoms with Gasteiger partial charge in [0, 0.05) is 5.69 Å². The first-order valence-corrected chi connectivity index (χ1v) is 8.10. The number of fused-ring (bicyclic) bond motifs is 1. The molecule has 3 nitrogen and oxygen atoms in total. The van der Waals surface area contributed by atoms with Crippen LogP contribution in [0.5, 0.6) is 11.6 Å². The molecule has 0 radical (unpaired) electrons. The lowest BCUT2D eigenvalue weighted by Gasteiger charge is -2.18. The molecule has 0 aliphatic heterocycles. The molecule has 108 valence electrons. The van der Waals surface area contributed by atoms with Gasteiger partial charge in [-0.1, -0.05) is 24.4 Å². The fourth-order valence-electron chi connectivity index (χ4n) is 2.50. The number of hydrogen-bond acceptors (Lipinski definition) is 3. The van der Waals surface area contributed by atoms with Crippen molar-refractivity contribution >= 4 is 33.1 Å². The van der Waals surface area contributed by atoms with Gasteiger partial charge in [-0.05, 0) is 65.4 Å². The first-order chi connectivity index (χ1) is 10.1. The Labute approximate surface area is 137 Å². The summed E-state index contributed by atoms with van der Waals surface area (Å²) in [7, 11) is 0. The zero-order valence-electron chi connectivity index (χ0n) is 11.4. The number of pyridine rings is 1. The molecule has 0 unspecified atom stereocenters. The van der Waals surface area contributed by atoms with Crippen LogP contribution in [-0.4, -0.2) is 9.97 Å². The molecule has 0 spiro atoms. The SMILES string of the molecule is NC(=S)c1cc2c(nc1Oc1ccccc1Br)CCCC2. The number of aryl methyl sites for hydroxylation is 2. The molecule has 3 rings (SSSR count). The van der Waals surface area contributed by atoms with Gasteiger partial charge in [0.2, 0.25) is 5.88 Å². The van der Waals surface area contributed by atoms with Crippen LogP contribution in [0, 0.1) is 0 Å². The summed E-state index contributed by atoms with van der Waals surface area (Å²) in [6, 6.07) is 9.70. The van der Waals surface area contributed by atoms with E-state index in [2.05, 4.69) is 20.9 Å². The quantitative estimate of drug-likeness (QED) is 0.833. The highest BCUT2D eigenvalue weighted by molar-refractivity contribution is 9.10. The van der Waals surface area contributed by atoms with E-state index in [0.29, 0.717) is 22.2 Å². The van der Waals surface area contributed by atoms with Gasteiger partial charge in [-0.15, -0.1) is 0 Å². The maximum atomic E-state index is 5.94. The van der Waals surface area contributed by atoms with Crippen LogP contribution in [0.2, 0.25) is 0 Å². The summed E-state index contributed by atoms with van der Waals surface area (Å²) in [5, 5.41) is 0. The van der Waals surface area contributed by atoms with Crippen molar-refractivity contribution in [2.24, 2.45) is 5.73 Å². The number of hydrogen-bond donors (Lipinski definition) is 1. The van der Waals surface area contributed by atoms with E-state index in [9.17, 15) is 0 Å². The summed E-state index contributed by atoms with van der Waals surface area (Å²) in [4.78, 5) is 4.98. The van der Waals surface area contributed by atoms with Crippen LogP contribution in [0.1, 0.15) is 29.7 Å². The monoisotopic (exact) mass is 362 g/mol. The summed E-state index contributed by atoms with van der Waals surface area (Å²) in [6.45, 7) is 0. The minimum absolute atomic E-state index is 0.318. The maximum absolute atomic E-state index is 5.94. The third-order valence-electron chi connectivity index (χ3n) is 3.57. The van der Waals surface area contributed by atoms with Crippen molar-refractivity contribution in [2.75, 3.05) is 0 Å². The van der Waals surface area contributed by atoms with Crippen LogP contribution in [0.4, 0.5) is 0 Å². The number of halogens is 1. The Morgan fingerprint density at radius 2 is 2.00 bits per heavy atom. The molecule has 0 saturated carbocycles. The Balaban J connectivity index is 2.04. The van der Waals surface area contributed by atoms with Crippen LogP contribution in [0.15, 0.2) is 34.8 Å². The Bertz CT molecular complexity index is 703. The lowest BCUT2D eigenvalue weighted by Crippen LogP contribution is -2.15. The lowest BCUT2D eigenvalue weighted by atomic mass is 9.95. The molecule has 5 heteroatoms. The van der Waals surface area contributed by atoms with Gasteiger partial charge in [-0.2, -0.15) is 0 Å². The second-order valence-corrected chi connectivity index (χ2v) is 6.34. The van der Waals surface area contributed by atoms with Crippen molar-refractivity contribution in [3.05, 3.63) is 51.6 Å². The molecule has 0 amide bonds. The summed E-state index contributed by atoms with van der Waals surface area (Å²) in [5.41, 5.74) is 8.89. The Morgan fingerprint density at radius 1 is 1.24 bits per heavy atom. The molecule has 1 aliphatic rings. The van der Waals surface area contributed by atoms with Gasteiger partial charge in [-0.3, -0.25) is 0 Å². The number of thiocarbonyl (C=S) groups is 1. The second kappa shape index (κ2) is 6.12. The largest absolute Gasteiger partial charge is 0.437 e. The van der Waals surface area contributed by atoms with E-state index >= 15 is 0 Å². The van der Waals surface area contributed by atoms with Crippen molar-refractivity contribution in [1.29, 1.82) is 0 Å². The van der Waals surface area contributed by atoms with Crippen molar-refractivity contribution in [3.8, 4) is 11.6 Å². The molecule has 2 aromatic rings. The fourth-order valence-corrected chi connectivity index (χ4v) is 3.01. The molecule has 1 aliphatic carbocycles. The molecule has 2 N–H and O–H groups in total. The normalized spacial score (nSPS) is 13.6. The van der Waals surface area contributed by atoms with Gasteiger partial charge in [0.15, 0.2) is 0 Å². The predicted molar refractivity (Wildman–Crippen MR) is 91.0 cm³/mol.